The zero-order chi connectivity index (χ0) is 19.2. The average molecular weight is 467 g/mol. The molecule has 0 radical (unpaired) electrons. The highest BCUT2D eigenvalue weighted by Crippen LogP contribution is 2.55. The van der Waals surface area contributed by atoms with E-state index in [-0.39, 0.29) is 5.41 Å². The van der Waals surface area contributed by atoms with Crippen molar-refractivity contribution in [2.45, 2.75) is 36.6 Å². The summed E-state index contributed by atoms with van der Waals surface area (Å²) in [6.07, 6.45) is 4.58. The van der Waals surface area contributed by atoms with Crippen LogP contribution in [0.3, 0.4) is 0 Å². The van der Waals surface area contributed by atoms with E-state index in [1.54, 1.807) is 12.1 Å². The van der Waals surface area contributed by atoms with Gasteiger partial charge in [-0.3, -0.25) is 0 Å². The van der Waals surface area contributed by atoms with Crippen LogP contribution in [-0.2, 0) is 10.2 Å². The zero-order valence-corrected chi connectivity index (χ0v) is 17.5. The number of hydrogen-bond acceptors (Lipinski definition) is 2. The largest absolute Gasteiger partial charge is 0.480 e. The molecule has 3 nitrogen and oxygen atoms in total. The lowest BCUT2D eigenvalue weighted by Gasteiger charge is -2.44. The number of carboxylic acid groups (broad SMARTS) is 1. The van der Waals surface area contributed by atoms with Crippen molar-refractivity contribution in [2.75, 3.05) is 5.32 Å². The maximum absolute atomic E-state index is 12.2. The van der Waals surface area contributed by atoms with Gasteiger partial charge in [-0.15, -0.1) is 0 Å². The molecule has 140 valence electrons. The average Bonchev–Trinajstić information content (AvgIpc) is 2.89. The second-order valence-electron chi connectivity index (χ2n) is 7.33. The summed E-state index contributed by atoms with van der Waals surface area (Å²) < 4.78 is 1.11. The third kappa shape index (κ3) is 3.18. The quantitative estimate of drug-likeness (QED) is 0.543. The van der Waals surface area contributed by atoms with Crippen molar-refractivity contribution in [3.8, 4) is 0 Å². The molecule has 0 aromatic heterocycles. The fourth-order valence-corrected chi connectivity index (χ4v) is 5.54. The number of anilines is 1. The van der Waals surface area contributed by atoms with Crippen LogP contribution in [0.2, 0.25) is 10.0 Å². The molecule has 4 rings (SSSR count). The van der Waals surface area contributed by atoms with Gasteiger partial charge in [0, 0.05) is 25.6 Å². The number of rotatable bonds is 3. The van der Waals surface area contributed by atoms with Crippen molar-refractivity contribution >= 4 is 56.9 Å². The highest BCUT2D eigenvalue weighted by Gasteiger charge is 2.51. The number of hydrogen-bond donors (Lipinski definition) is 2. The Balaban J connectivity index is 1.64. The fraction of sp³-hybridized carbons (Fsp3) is 0.286. The van der Waals surface area contributed by atoms with Crippen molar-refractivity contribution in [3.05, 3.63) is 68.1 Å². The number of aliphatic carboxylic acids is 1. The van der Waals surface area contributed by atoms with Gasteiger partial charge in [-0.2, -0.15) is 0 Å². The molecule has 27 heavy (non-hydrogen) atoms. The highest BCUT2D eigenvalue weighted by atomic mass is 79.9. The van der Waals surface area contributed by atoms with Gasteiger partial charge in [-0.05, 0) is 73.2 Å². The lowest BCUT2D eigenvalue weighted by Crippen LogP contribution is -2.52. The van der Waals surface area contributed by atoms with Crippen LogP contribution in [0.1, 0.15) is 36.8 Å². The first-order chi connectivity index (χ1) is 12.8. The molecule has 0 bridgehead atoms. The van der Waals surface area contributed by atoms with E-state index in [0.29, 0.717) is 22.9 Å². The second-order valence-corrected chi connectivity index (χ2v) is 9.06. The van der Waals surface area contributed by atoms with Crippen molar-refractivity contribution in [3.63, 3.8) is 0 Å². The van der Waals surface area contributed by atoms with Gasteiger partial charge >= 0.3 is 5.97 Å². The third-order valence-corrected chi connectivity index (χ3v) is 7.30. The normalized spacial score (nSPS) is 26.6. The molecule has 1 fully saturated rings. The Kier molecular flexibility index (Phi) is 4.77. The highest BCUT2D eigenvalue weighted by molar-refractivity contribution is 9.11. The topological polar surface area (TPSA) is 49.3 Å². The predicted octanol–water partition coefficient (Wildman–Crippen LogP) is 6.49. The number of carbonyl (C=O) groups is 1. The maximum Gasteiger partial charge on any atom is 0.329 e. The molecule has 0 atom stereocenters. The molecule has 0 aliphatic heterocycles. The minimum atomic E-state index is -1.01. The number of carboxylic acids is 1. The van der Waals surface area contributed by atoms with Gasteiger partial charge in [0.1, 0.15) is 5.54 Å². The Morgan fingerprint density at radius 2 is 1.74 bits per heavy atom. The SMILES string of the molecule is O=C(O)C1(Nc2cccc(Cl)c2)CCC2(CC1)C(Br)=Cc1ccc(Cl)cc12. The summed E-state index contributed by atoms with van der Waals surface area (Å²) in [5, 5.41) is 14.5. The summed E-state index contributed by atoms with van der Waals surface area (Å²) in [5.41, 5.74) is 1.85. The third-order valence-electron chi connectivity index (χ3n) is 5.85. The van der Waals surface area contributed by atoms with Crippen LogP contribution in [0, 0.1) is 0 Å². The number of fused-ring (bicyclic) bond motifs is 2. The molecule has 1 saturated carbocycles. The van der Waals surface area contributed by atoms with E-state index in [2.05, 4.69) is 27.3 Å². The lowest BCUT2D eigenvalue weighted by molar-refractivity contribution is -0.143. The number of benzene rings is 2. The Bertz CT molecular complexity index is 949. The Labute approximate surface area is 176 Å². The minimum absolute atomic E-state index is 0.199. The van der Waals surface area contributed by atoms with Crippen molar-refractivity contribution < 1.29 is 9.90 Å². The van der Waals surface area contributed by atoms with Gasteiger partial charge < -0.3 is 10.4 Å². The van der Waals surface area contributed by atoms with Crippen molar-refractivity contribution in [2.24, 2.45) is 0 Å². The predicted molar refractivity (Wildman–Crippen MR) is 114 cm³/mol. The fourth-order valence-electron chi connectivity index (χ4n) is 4.32. The number of allylic oxidation sites excluding steroid dienone is 1. The minimum Gasteiger partial charge on any atom is -0.480 e. The van der Waals surface area contributed by atoms with Crippen molar-refractivity contribution in [1.82, 2.24) is 0 Å². The molecular formula is C21H18BrCl2NO2. The van der Waals surface area contributed by atoms with Crippen molar-refractivity contribution in [1.29, 1.82) is 0 Å². The molecule has 6 heteroatoms. The standard InChI is InChI=1S/C21H18BrCl2NO2/c22-18-10-13-4-5-15(24)12-17(13)20(18)6-8-21(9-7-20,19(26)27)25-16-3-1-2-14(23)11-16/h1-5,10-12,25H,6-9H2,(H,26,27). The van der Waals surface area contributed by atoms with Crippen LogP contribution in [-0.4, -0.2) is 16.6 Å². The van der Waals surface area contributed by atoms with Gasteiger partial charge in [0.05, 0.1) is 0 Å². The van der Waals surface area contributed by atoms with Crippen LogP contribution in [0.25, 0.3) is 6.08 Å². The molecule has 2 aliphatic rings. The molecule has 0 saturated heterocycles. The Morgan fingerprint density at radius 1 is 1.04 bits per heavy atom. The van der Waals surface area contributed by atoms with E-state index in [0.717, 1.165) is 28.6 Å². The second kappa shape index (κ2) is 6.84. The number of halogens is 3. The summed E-state index contributed by atoms with van der Waals surface area (Å²) in [4.78, 5) is 12.2. The molecule has 2 N–H and O–H groups in total. The first-order valence-corrected chi connectivity index (χ1v) is 10.3. The summed E-state index contributed by atoms with van der Waals surface area (Å²) >= 11 is 16.1. The number of nitrogens with one attached hydrogen (secondary N) is 1. The van der Waals surface area contributed by atoms with Crippen LogP contribution in [0.4, 0.5) is 5.69 Å². The van der Waals surface area contributed by atoms with E-state index in [9.17, 15) is 9.90 Å². The molecule has 2 aromatic carbocycles. The van der Waals surface area contributed by atoms with Gasteiger partial charge in [0.2, 0.25) is 0 Å². The molecular weight excluding hydrogens is 449 g/mol. The van der Waals surface area contributed by atoms with E-state index in [1.165, 1.54) is 5.56 Å². The molecule has 2 aromatic rings. The summed E-state index contributed by atoms with van der Waals surface area (Å²) in [6, 6.07) is 13.1. The van der Waals surface area contributed by atoms with Gasteiger partial charge in [-0.25, -0.2) is 4.79 Å². The van der Waals surface area contributed by atoms with Gasteiger partial charge in [-0.1, -0.05) is 51.3 Å². The van der Waals surface area contributed by atoms with Crippen LogP contribution in [0.15, 0.2) is 46.9 Å². The Morgan fingerprint density at radius 3 is 2.41 bits per heavy atom. The van der Waals surface area contributed by atoms with E-state index >= 15 is 0 Å². The first kappa shape index (κ1) is 18.9. The maximum atomic E-state index is 12.2. The summed E-state index contributed by atoms with van der Waals surface area (Å²) in [7, 11) is 0. The van der Waals surface area contributed by atoms with E-state index in [1.807, 2.05) is 30.3 Å². The van der Waals surface area contributed by atoms with E-state index in [4.69, 9.17) is 23.2 Å². The first-order valence-electron chi connectivity index (χ1n) is 8.80. The monoisotopic (exact) mass is 465 g/mol. The zero-order valence-electron chi connectivity index (χ0n) is 14.4. The van der Waals surface area contributed by atoms with E-state index < -0.39 is 11.5 Å². The molecule has 0 amide bonds. The molecule has 2 aliphatic carbocycles. The van der Waals surface area contributed by atoms with Crippen LogP contribution < -0.4 is 5.32 Å². The van der Waals surface area contributed by atoms with Gasteiger partial charge in [0.15, 0.2) is 0 Å². The van der Waals surface area contributed by atoms with Crippen LogP contribution in [0.5, 0.6) is 0 Å². The molecule has 1 spiro atoms. The van der Waals surface area contributed by atoms with Gasteiger partial charge in [0.25, 0.3) is 0 Å². The lowest BCUT2D eigenvalue weighted by atomic mass is 9.65. The summed E-state index contributed by atoms with van der Waals surface area (Å²) in [5.74, 6) is -0.832. The summed E-state index contributed by atoms with van der Waals surface area (Å²) in [6.45, 7) is 0. The van der Waals surface area contributed by atoms with Crippen LogP contribution >= 0.6 is 39.1 Å². The molecule has 0 unspecified atom stereocenters. The smallest absolute Gasteiger partial charge is 0.329 e. The molecule has 0 heterocycles. The Hall–Kier alpha value is -1.49.